The first kappa shape index (κ1) is 17.5. The molecule has 0 saturated carbocycles. The van der Waals surface area contributed by atoms with Crippen LogP contribution in [0.1, 0.15) is 32.4 Å². The summed E-state index contributed by atoms with van der Waals surface area (Å²) in [4.78, 5) is 19.1. The van der Waals surface area contributed by atoms with Gasteiger partial charge in [0.25, 0.3) is 0 Å². The largest absolute Gasteiger partial charge is 0.363 e. The van der Waals surface area contributed by atoms with Crippen molar-refractivity contribution >= 4 is 29.2 Å². The zero-order valence-corrected chi connectivity index (χ0v) is 14.0. The Kier molecular flexibility index (Phi) is 6.19. The lowest BCUT2D eigenvalue weighted by molar-refractivity contribution is -0.385. The molecule has 0 spiro atoms. The van der Waals surface area contributed by atoms with Gasteiger partial charge in [0, 0.05) is 18.3 Å². The highest BCUT2D eigenvalue weighted by molar-refractivity contribution is 8.00. The van der Waals surface area contributed by atoms with E-state index in [0.29, 0.717) is 18.2 Å². The van der Waals surface area contributed by atoms with E-state index in [4.69, 9.17) is 0 Å². The molecule has 7 nitrogen and oxygen atoms in total. The smallest absolute Gasteiger partial charge is 0.332 e. The standard InChI is InChI=1S/C13H23N5O2S/c1-6-13(7-2,21-5)8-15-11-10(18(19)20)9(3)16-12(14-4)17-11/h6-8H2,1-5H3,(H2,14,15,16,17). The van der Waals surface area contributed by atoms with Crippen LogP contribution in [0.5, 0.6) is 0 Å². The molecule has 0 aliphatic rings. The summed E-state index contributed by atoms with van der Waals surface area (Å²) >= 11 is 1.77. The molecule has 8 heteroatoms. The van der Waals surface area contributed by atoms with E-state index in [1.165, 1.54) is 0 Å². The van der Waals surface area contributed by atoms with Gasteiger partial charge in [-0.1, -0.05) is 13.8 Å². The van der Waals surface area contributed by atoms with Crippen molar-refractivity contribution in [3.05, 3.63) is 15.8 Å². The molecule has 0 aliphatic heterocycles. The molecule has 0 bridgehead atoms. The van der Waals surface area contributed by atoms with Gasteiger partial charge in [-0.05, 0) is 26.0 Å². The number of nitro groups is 1. The summed E-state index contributed by atoms with van der Waals surface area (Å²) in [5, 5.41) is 17.2. The second kappa shape index (κ2) is 7.44. The number of rotatable bonds is 8. The molecule has 2 N–H and O–H groups in total. The number of nitrogens with zero attached hydrogens (tertiary/aromatic N) is 3. The van der Waals surface area contributed by atoms with Crippen LogP contribution in [0.15, 0.2) is 0 Å². The third kappa shape index (κ3) is 3.96. The van der Waals surface area contributed by atoms with Crippen LogP contribution in [0.4, 0.5) is 17.5 Å². The van der Waals surface area contributed by atoms with Crippen LogP contribution in [-0.4, -0.2) is 39.5 Å². The van der Waals surface area contributed by atoms with Crippen molar-refractivity contribution in [1.29, 1.82) is 0 Å². The summed E-state index contributed by atoms with van der Waals surface area (Å²) in [5.41, 5.74) is 0.292. The quantitative estimate of drug-likeness (QED) is 0.562. The second-order valence-electron chi connectivity index (χ2n) is 4.78. The Morgan fingerprint density at radius 1 is 1.33 bits per heavy atom. The summed E-state index contributed by atoms with van der Waals surface area (Å²) in [7, 11) is 1.69. The van der Waals surface area contributed by atoms with Gasteiger partial charge in [0.1, 0.15) is 5.69 Å². The molecule has 0 amide bonds. The second-order valence-corrected chi connectivity index (χ2v) is 6.06. The van der Waals surface area contributed by atoms with E-state index in [0.717, 1.165) is 12.8 Å². The van der Waals surface area contributed by atoms with E-state index in [1.807, 2.05) is 0 Å². The highest BCUT2D eigenvalue weighted by Crippen LogP contribution is 2.32. The molecule has 1 heterocycles. The lowest BCUT2D eigenvalue weighted by atomic mass is 10.0. The maximum Gasteiger partial charge on any atom is 0.332 e. The van der Waals surface area contributed by atoms with E-state index in [-0.39, 0.29) is 16.3 Å². The number of nitrogens with one attached hydrogen (secondary N) is 2. The van der Waals surface area contributed by atoms with Crippen LogP contribution in [0, 0.1) is 17.0 Å². The fourth-order valence-corrected chi connectivity index (χ4v) is 2.92. The predicted octanol–water partition coefficient (Wildman–Crippen LogP) is 3.07. The Balaban J connectivity index is 3.11. The molecule has 1 aromatic heterocycles. The Labute approximate surface area is 129 Å². The maximum atomic E-state index is 11.2. The Morgan fingerprint density at radius 3 is 2.38 bits per heavy atom. The van der Waals surface area contributed by atoms with Crippen LogP contribution in [0.2, 0.25) is 0 Å². The number of aryl methyl sites for hydroxylation is 1. The fourth-order valence-electron chi connectivity index (χ4n) is 2.13. The summed E-state index contributed by atoms with van der Waals surface area (Å²) in [5.74, 6) is 0.653. The minimum atomic E-state index is -0.435. The van der Waals surface area contributed by atoms with Crippen molar-refractivity contribution in [3.8, 4) is 0 Å². The molecule has 118 valence electrons. The van der Waals surface area contributed by atoms with Crippen LogP contribution in [-0.2, 0) is 0 Å². The first-order valence-electron chi connectivity index (χ1n) is 6.92. The summed E-state index contributed by atoms with van der Waals surface area (Å²) in [6.45, 7) is 6.50. The number of hydrogen-bond acceptors (Lipinski definition) is 7. The topological polar surface area (TPSA) is 93.0 Å². The van der Waals surface area contributed by atoms with Gasteiger partial charge >= 0.3 is 5.69 Å². The molecule has 0 atom stereocenters. The molecule has 0 unspecified atom stereocenters. The van der Waals surface area contributed by atoms with E-state index >= 15 is 0 Å². The van der Waals surface area contributed by atoms with E-state index < -0.39 is 4.92 Å². The van der Waals surface area contributed by atoms with Gasteiger partial charge in [-0.15, -0.1) is 0 Å². The zero-order valence-electron chi connectivity index (χ0n) is 13.2. The zero-order chi connectivity index (χ0) is 16.0. The van der Waals surface area contributed by atoms with E-state index in [1.54, 1.807) is 25.7 Å². The van der Waals surface area contributed by atoms with Gasteiger partial charge < -0.3 is 10.6 Å². The van der Waals surface area contributed by atoms with Crippen molar-refractivity contribution < 1.29 is 4.92 Å². The van der Waals surface area contributed by atoms with Crippen LogP contribution >= 0.6 is 11.8 Å². The summed E-state index contributed by atoms with van der Waals surface area (Å²) < 4.78 is 0.0481. The lowest BCUT2D eigenvalue weighted by Gasteiger charge is -2.30. The van der Waals surface area contributed by atoms with E-state index in [2.05, 4.69) is 40.7 Å². The number of anilines is 2. The summed E-state index contributed by atoms with van der Waals surface area (Å²) in [6, 6.07) is 0. The van der Waals surface area contributed by atoms with Crippen molar-refractivity contribution in [2.75, 3.05) is 30.5 Å². The maximum absolute atomic E-state index is 11.2. The highest BCUT2D eigenvalue weighted by atomic mass is 32.2. The molecule has 0 aliphatic carbocycles. The van der Waals surface area contributed by atoms with Crippen LogP contribution in [0.3, 0.4) is 0 Å². The molecule has 0 saturated heterocycles. The van der Waals surface area contributed by atoms with Crippen molar-refractivity contribution in [1.82, 2.24) is 9.97 Å². The normalized spacial score (nSPS) is 11.3. The lowest BCUT2D eigenvalue weighted by Crippen LogP contribution is -2.32. The first-order valence-corrected chi connectivity index (χ1v) is 8.15. The average molecular weight is 313 g/mol. The number of aromatic nitrogens is 2. The molecule has 0 aromatic carbocycles. The SMILES string of the molecule is CCC(CC)(CNc1nc(NC)nc(C)c1[N+](=O)[O-])SC. The molecule has 1 rings (SSSR count). The van der Waals surface area contributed by atoms with Gasteiger partial charge in [0.05, 0.1) is 4.92 Å². The van der Waals surface area contributed by atoms with E-state index in [9.17, 15) is 10.1 Å². The number of thioether (sulfide) groups is 1. The Morgan fingerprint density at radius 2 is 1.95 bits per heavy atom. The Bertz CT molecular complexity index is 497. The minimum absolute atomic E-state index is 0.0481. The minimum Gasteiger partial charge on any atom is -0.363 e. The monoisotopic (exact) mass is 313 g/mol. The highest BCUT2D eigenvalue weighted by Gasteiger charge is 2.28. The summed E-state index contributed by atoms with van der Waals surface area (Å²) in [6.07, 6.45) is 4.02. The molecule has 0 radical (unpaired) electrons. The molecule has 0 fully saturated rings. The van der Waals surface area contributed by atoms with Gasteiger partial charge in [-0.25, -0.2) is 4.98 Å². The third-order valence-corrected chi connectivity index (χ3v) is 5.35. The predicted molar refractivity (Wildman–Crippen MR) is 88.3 cm³/mol. The van der Waals surface area contributed by atoms with Gasteiger partial charge in [0.15, 0.2) is 0 Å². The van der Waals surface area contributed by atoms with Crippen LogP contribution < -0.4 is 10.6 Å². The Hall–Kier alpha value is -1.57. The molecule has 1 aromatic rings. The fraction of sp³-hybridized carbons (Fsp3) is 0.692. The molecule has 21 heavy (non-hydrogen) atoms. The first-order chi connectivity index (χ1) is 9.92. The number of hydrogen-bond donors (Lipinski definition) is 2. The van der Waals surface area contributed by atoms with Crippen molar-refractivity contribution in [3.63, 3.8) is 0 Å². The molecular formula is C13H23N5O2S. The average Bonchev–Trinajstić information content (AvgIpc) is 2.48. The van der Waals surface area contributed by atoms with Gasteiger partial charge in [-0.2, -0.15) is 16.7 Å². The van der Waals surface area contributed by atoms with Gasteiger partial charge in [0.2, 0.25) is 11.8 Å². The van der Waals surface area contributed by atoms with Crippen LogP contribution in [0.25, 0.3) is 0 Å². The van der Waals surface area contributed by atoms with Gasteiger partial charge in [-0.3, -0.25) is 10.1 Å². The van der Waals surface area contributed by atoms with Crippen molar-refractivity contribution in [2.24, 2.45) is 0 Å². The van der Waals surface area contributed by atoms with Crippen molar-refractivity contribution in [2.45, 2.75) is 38.4 Å². The molecular weight excluding hydrogens is 290 g/mol. The third-order valence-electron chi connectivity index (χ3n) is 3.76.